The minimum Gasteiger partial charge on any atom is -0.377 e. The van der Waals surface area contributed by atoms with Gasteiger partial charge in [0.2, 0.25) is 0 Å². The molecule has 0 saturated carbocycles. The monoisotopic (exact) mass is 314 g/mol. The van der Waals surface area contributed by atoms with E-state index in [9.17, 15) is 4.21 Å². The molecule has 0 saturated heterocycles. The van der Waals surface area contributed by atoms with Crippen LogP contribution in [0.1, 0.15) is 11.1 Å². The summed E-state index contributed by atoms with van der Waals surface area (Å²) in [6.07, 6.45) is 1.76. The Kier molecular flexibility index (Phi) is 3.94. The molecule has 6 heteroatoms. The third-order valence-corrected chi connectivity index (χ3v) is 4.63. The highest BCUT2D eigenvalue weighted by Gasteiger charge is 2.14. The van der Waals surface area contributed by atoms with Gasteiger partial charge in [-0.05, 0) is 30.2 Å². The molecule has 0 aliphatic carbocycles. The lowest BCUT2D eigenvalue weighted by Gasteiger charge is -2.16. The van der Waals surface area contributed by atoms with E-state index < -0.39 is 10.8 Å². The Bertz CT molecular complexity index is 841. The Labute approximate surface area is 131 Å². The van der Waals surface area contributed by atoms with Crippen molar-refractivity contribution in [2.24, 2.45) is 0 Å². The van der Waals surface area contributed by atoms with Crippen LogP contribution in [0.15, 0.2) is 41.7 Å². The summed E-state index contributed by atoms with van der Waals surface area (Å²) in [5, 5.41) is 0.474. The van der Waals surface area contributed by atoms with Gasteiger partial charge in [-0.1, -0.05) is 18.2 Å². The summed E-state index contributed by atoms with van der Waals surface area (Å²) in [5.41, 5.74) is 4.59. The number of H-pyrrole nitrogens is 1. The summed E-state index contributed by atoms with van der Waals surface area (Å²) >= 11 is 0. The van der Waals surface area contributed by atoms with Crippen LogP contribution in [0.2, 0.25) is 0 Å². The van der Waals surface area contributed by atoms with E-state index in [1.54, 1.807) is 6.20 Å². The van der Waals surface area contributed by atoms with Crippen molar-refractivity contribution in [1.82, 2.24) is 15.0 Å². The summed E-state index contributed by atoms with van der Waals surface area (Å²) < 4.78 is 12.6. The lowest BCUT2D eigenvalue weighted by Crippen LogP contribution is -2.12. The van der Waals surface area contributed by atoms with Gasteiger partial charge in [-0.25, -0.2) is 9.97 Å². The summed E-state index contributed by atoms with van der Waals surface area (Å²) in [4.78, 5) is 13.7. The Balaban J connectivity index is 1.90. The molecular weight excluding hydrogens is 296 g/mol. The summed E-state index contributed by atoms with van der Waals surface area (Å²) in [6, 6.07) is 9.93. The normalized spacial score (nSPS) is 12.5. The standard InChI is InChI=1S/C16H18N4OS/c1-11-8-13-15(17-9-11)19-16(18-13)22(21)10-12-6-4-5-7-14(12)20(2)3/h4-9H,10H2,1-3H3,(H,17,18,19). The first-order valence-corrected chi connectivity index (χ1v) is 8.32. The van der Waals surface area contributed by atoms with Crippen LogP contribution in [0.4, 0.5) is 5.69 Å². The van der Waals surface area contributed by atoms with Crippen molar-refractivity contribution >= 4 is 27.7 Å². The fourth-order valence-electron chi connectivity index (χ4n) is 2.37. The van der Waals surface area contributed by atoms with Gasteiger partial charge < -0.3 is 9.88 Å². The van der Waals surface area contributed by atoms with Gasteiger partial charge in [0.25, 0.3) is 0 Å². The average molecular weight is 314 g/mol. The Hall–Kier alpha value is -2.21. The van der Waals surface area contributed by atoms with Gasteiger partial charge in [0.1, 0.15) is 0 Å². The second-order valence-corrected chi connectivity index (χ2v) is 6.81. The molecule has 0 aliphatic heterocycles. The maximum absolute atomic E-state index is 12.6. The minimum absolute atomic E-state index is 0.424. The first kappa shape index (κ1) is 14.7. The molecule has 22 heavy (non-hydrogen) atoms. The Morgan fingerprint density at radius 2 is 2.05 bits per heavy atom. The molecule has 1 unspecified atom stereocenters. The highest BCUT2D eigenvalue weighted by Crippen LogP contribution is 2.22. The van der Waals surface area contributed by atoms with Crippen LogP contribution in [-0.4, -0.2) is 33.3 Å². The molecule has 0 radical (unpaired) electrons. The van der Waals surface area contributed by atoms with Crippen LogP contribution in [0.5, 0.6) is 0 Å². The van der Waals surface area contributed by atoms with Crippen molar-refractivity contribution in [1.29, 1.82) is 0 Å². The number of para-hydroxylation sites is 1. The predicted octanol–water partition coefficient (Wildman–Crippen LogP) is 2.64. The molecule has 2 aromatic heterocycles. The van der Waals surface area contributed by atoms with E-state index in [-0.39, 0.29) is 0 Å². The van der Waals surface area contributed by atoms with E-state index in [4.69, 9.17) is 0 Å². The SMILES string of the molecule is Cc1cnc2nc(S(=O)Cc3ccccc3N(C)C)[nH]c2c1. The van der Waals surface area contributed by atoms with E-state index in [0.717, 1.165) is 22.3 Å². The molecule has 1 N–H and O–H groups in total. The number of nitrogens with zero attached hydrogens (tertiary/aromatic N) is 3. The molecule has 3 rings (SSSR count). The minimum atomic E-state index is -1.23. The maximum Gasteiger partial charge on any atom is 0.199 e. The Morgan fingerprint density at radius 3 is 2.82 bits per heavy atom. The van der Waals surface area contributed by atoms with E-state index in [2.05, 4.69) is 15.0 Å². The van der Waals surface area contributed by atoms with E-state index in [1.165, 1.54) is 0 Å². The highest BCUT2D eigenvalue weighted by atomic mass is 32.2. The predicted molar refractivity (Wildman–Crippen MR) is 89.5 cm³/mol. The van der Waals surface area contributed by atoms with Crippen molar-refractivity contribution in [3.05, 3.63) is 47.7 Å². The number of pyridine rings is 1. The van der Waals surface area contributed by atoms with Crippen molar-refractivity contribution in [3.63, 3.8) is 0 Å². The fraction of sp³-hybridized carbons (Fsp3) is 0.250. The zero-order valence-corrected chi connectivity index (χ0v) is 13.6. The average Bonchev–Trinajstić information content (AvgIpc) is 2.90. The highest BCUT2D eigenvalue weighted by molar-refractivity contribution is 7.84. The molecule has 0 aliphatic rings. The van der Waals surface area contributed by atoms with Gasteiger partial charge in [0.15, 0.2) is 10.8 Å². The molecule has 114 valence electrons. The van der Waals surface area contributed by atoms with Crippen LogP contribution in [-0.2, 0) is 16.6 Å². The van der Waals surface area contributed by atoms with Crippen LogP contribution in [0.25, 0.3) is 11.2 Å². The molecule has 5 nitrogen and oxygen atoms in total. The van der Waals surface area contributed by atoms with Crippen LogP contribution < -0.4 is 4.90 Å². The number of aromatic nitrogens is 3. The number of imidazole rings is 1. The van der Waals surface area contributed by atoms with Gasteiger partial charge in [0, 0.05) is 26.0 Å². The molecule has 0 bridgehead atoms. The van der Waals surface area contributed by atoms with E-state index >= 15 is 0 Å². The molecule has 0 spiro atoms. The first-order valence-electron chi connectivity index (χ1n) is 7.00. The van der Waals surface area contributed by atoms with Gasteiger partial charge in [-0.2, -0.15) is 0 Å². The number of fused-ring (bicyclic) bond motifs is 1. The van der Waals surface area contributed by atoms with Gasteiger partial charge >= 0.3 is 0 Å². The molecule has 0 amide bonds. The second-order valence-electron chi connectivity index (χ2n) is 5.44. The number of hydrogen-bond acceptors (Lipinski definition) is 4. The maximum atomic E-state index is 12.6. The molecule has 2 heterocycles. The lowest BCUT2D eigenvalue weighted by molar-refractivity contribution is 0.677. The summed E-state index contributed by atoms with van der Waals surface area (Å²) in [5.74, 6) is 0.424. The molecular formula is C16H18N4OS. The topological polar surface area (TPSA) is 61.9 Å². The lowest BCUT2D eigenvalue weighted by atomic mass is 10.2. The largest absolute Gasteiger partial charge is 0.377 e. The van der Waals surface area contributed by atoms with Crippen molar-refractivity contribution < 1.29 is 4.21 Å². The number of nitrogens with one attached hydrogen (secondary N) is 1. The number of aromatic amines is 1. The van der Waals surface area contributed by atoms with Gasteiger partial charge in [-0.15, -0.1) is 0 Å². The van der Waals surface area contributed by atoms with Crippen LogP contribution >= 0.6 is 0 Å². The van der Waals surface area contributed by atoms with Crippen molar-refractivity contribution in [3.8, 4) is 0 Å². The van der Waals surface area contributed by atoms with E-state index in [1.807, 2.05) is 56.3 Å². The number of aryl methyl sites for hydroxylation is 1. The van der Waals surface area contributed by atoms with Gasteiger partial charge in [0.05, 0.1) is 22.1 Å². The summed E-state index contributed by atoms with van der Waals surface area (Å²) in [6.45, 7) is 1.97. The number of anilines is 1. The summed E-state index contributed by atoms with van der Waals surface area (Å²) in [7, 11) is 2.73. The zero-order valence-electron chi connectivity index (χ0n) is 12.8. The molecule has 1 atom stereocenters. The smallest absolute Gasteiger partial charge is 0.199 e. The molecule has 1 aromatic carbocycles. The third-order valence-electron chi connectivity index (χ3n) is 3.43. The number of hydrogen-bond donors (Lipinski definition) is 1. The second kappa shape index (κ2) is 5.88. The molecule has 0 fully saturated rings. The van der Waals surface area contributed by atoms with Crippen LogP contribution in [0, 0.1) is 6.92 Å². The third kappa shape index (κ3) is 2.87. The van der Waals surface area contributed by atoms with Crippen molar-refractivity contribution in [2.75, 3.05) is 19.0 Å². The number of rotatable bonds is 4. The van der Waals surface area contributed by atoms with Gasteiger partial charge in [-0.3, -0.25) is 4.21 Å². The number of benzene rings is 1. The quantitative estimate of drug-likeness (QED) is 0.804. The van der Waals surface area contributed by atoms with Crippen LogP contribution in [0.3, 0.4) is 0 Å². The first-order chi connectivity index (χ1) is 10.5. The zero-order chi connectivity index (χ0) is 15.7. The van der Waals surface area contributed by atoms with Crippen molar-refractivity contribution in [2.45, 2.75) is 17.8 Å². The Morgan fingerprint density at radius 1 is 1.27 bits per heavy atom. The molecule has 3 aromatic rings. The fourth-order valence-corrected chi connectivity index (χ4v) is 3.44. The van der Waals surface area contributed by atoms with E-state index in [0.29, 0.717) is 16.6 Å².